The number of halogens is 1. The van der Waals surface area contributed by atoms with E-state index in [0.29, 0.717) is 23.3 Å². The van der Waals surface area contributed by atoms with Gasteiger partial charge in [-0.3, -0.25) is 4.79 Å². The van der Waals surface area contributed by atoms with Crippen LogP contribution in [0.15, 0.2) is 42.6 Å². The number of hydrogen-bond donors (Lipinski definition) is 0. The molecule has 26 heavy (non-hydrogen) atoms. The van der Waals surface area contributed by atoms with E-state index in [-0.39, 0.29) is 11.9 Å². The first-order valence-electron chi connectivity index (χ1n) is 9.30. The number of pyridine rings is 1. The summed E-state index contributed by atoms with van der Waals surface area (Å²) in [5.41, 5.74) is 2.54. The lowest BCUT2D eigenvalue weighted by Crippen LogP contribution is -2.35. The average molecular weight is 370 g/mol. The van der Waals surface area contributed by atoms with Crippen molar-refractivity contribution in [1.29, 1.82) is 0 Å². The predicted molar refractivity (Wildman–Crippen MR) is 104 cm³/mol. The van der Waals surface area contributed by atoms with Gasteiger partial charge in [-0.1, -0.05) is 42.8 Å². The van der Waals surface area contributed by atoms with Gasteiger partial charge in [0.2, 0.25) is 5.91 Å². The van der Waals surface area contributed by atoms with Gasteiger partial charge in [-0.2, -0.15) is 0 Å². The lowest BCUT2D eigenvalue weighted by Gasteiger charge is -2.31. The number of aromatic nitrogens is 1. The minimum atomic E-state index is 0.158. The molecule has 2 aromatic rings. The summed E-state index contributed by atoms with van der Waals surface area (Å²) in [6.45, 7) is 6.79. The van der Waals surface area contributed by atoms with E-state index in [4.69, 9.17) is 11.6 Å². The van der Waals surface area contributed by atoms with Crippen LogP contribution in [0.1, 0.15) is 30.5 Å². The number of carbonyl (C=O) groups excluding carboxylic acids is 1. The first-order chi connectivity index (χ1) is 12.6. The Morgan fingerprint density at radius 3 is 2.69 bits per heavy atom. The average Bonchev–Trinajstić information content (AvgIpc) is 3.20. The molecule has 2 fully saturated rings. The number of fused-ring (bicyclic) bond motifs is 1. The van der Waals surface area contributed by atoms with Crippen molar-refractivity contribution in [3.8, 4) is 0 Å². The zero-order valence-corrected chi connectivity index (χ0v) is 16.0. The molecule has 0 N–H and O–H groups in total. The van der Waals surface area contributed by atoms with E-state index in [0.717, 1.165) is 25.5 Å². The topological polar surface area (TPSA) is 36.4 Å². The van der Waals surface area contributed by atoms with Crippen LogP contribution in [-0.4, -0.2) is 35.4 Å². The van der Waals surface area contributed by atoms with E-state index in [1.54, 1.807) is 6.20 Å². The molecule has 0 saturated carbocycles. The van der Waals surface area contributed by atoms with Crippen molar-refractivity contribution >= 4 is 23.3 Å². The smallest absolute Gasteiger partial charge is 0.222 e. The summed E-state index contributed by atoms with van der Waals surface area (Å²) in [5, 5.41) is 0.658. The summed E-state index contributed by atoms with van der Waals surface area (Å²) < 4.78 is 0. The third-order valence-electron chi connectivity index (χ3n) is 5.83. The van der Waals surface area contributed by atoms with Crippen LogP contribution in [0.4, 0.5) is 5.82 Å². The molecule has 0 spiro atoms. The Morgan fingerprint density at radius 1 is 1.19 bits per heavy atom. The zero-order chi connectivity index (χ0) is 18.3. The van der Waals surface area contributed by atoms with Crippen LogP contribution in [-0.2, 0) is 4.79 Å². The SMILES string of the molecule is CCC(=O)N1C[C@@H]2CN(c3ccc(Cl)cn3)C[C@@H]2[C@H]1c1ccccc1C. The summed E-state index contributed by atoms with van der Waals surface area (Å²) in [6, 6.07) is 12.5. The number of rotatable bonds is 3. The maximum Gasteiger partial charge on any atom is 0.222 e. The van der Waals surface area contributed by atoms with Crippen molar-refractivity contribution in [3.63, 3.8) is 0 Å². The number of anilines is 1. The highest BCUT2D eigenvalue weighted by Crippen LogP contribution is 2.46. The van der Waals surface area contributed by atoms with Gasteiger partial charge in [-0.15, -0.1) is 0 Å². The third kappa shape index (κ3) is 2.96. The van der Waals surface area contributed by atoms with Gasteiger partial charge in [0, 0.05) is 44.1 Å². The molecule has 2 aliphatic heterocycles. The monoisotopic (exact) mass is 369 g/mol. The molecule has 136 valence electrons. The van der Waals surface area contributed by atoms with Crippen LogP contribution in [0, 0.1) is 18.8 Å². The first-order valence-corrected chi connectivity index (χ1v) is 9.67. The summed E-state index contributed by atoms with van der Waals surface area (Å²) >= 11 is 5.98. The van der Waals surface area contributed by atoms with Crippen LogP contribution in [0.5, 0.6) is 0 Å². The second-order valence-corrected chi connectivity index (χ2v) is 7.80. The van der Waals surface area contributed by atoms with Crippen molar-refractivity contribution in [2.24, 2.45) is 11.8 Å². The highest BCUT2D eigenvalue weighted by Gasteiger charge is 2.49. The molecule has 0 unspecified atom stereocenters. The van der Waals surface area contributed by atoms with Gasteiger partial charge >= 0.3 is 0 Å². The molecule has 1 aromatic heterocycles. The molecule has 0 bridgehead atoms. The molecule has 1 aromatic carbocycles. The van der Waals surface area contributed by atoms with E-state index in [1.807, 2.05) is 19.1 Å². The molecule has 0 radical (unpaired) electrons. The molecule has 4 rings (SSSR count). The van der Waals surface area contributed by atoms with E-state index < -0.39 is 0 Å². The minimum absolute atomic E-state index is 0.158. The standard InChI is InChI=1S/C21H24ClN3O/c1-3-20(26)25-12-15-11-24(19-9-8-16(22)10-23-19)13-18(15)21(25)17-7-5-4-6-14(17)2/h4-10,15,18,21H,3,11-13H2,1-2H3/t15-,18-,21+/m0/s1. The Balaban J connectivity index is 1.65. The first kappa shape index (κ1) is 17.3. The molecule has 2 aliphatic rings. The number of amides is 1. The van der Waals surface area contributed by atoms with Crippen LogP contribution < -0.4 is 4.90 Å². The van der Waals surface area contributed by atoms with Gasteiger partial charge in [0.15, 0.2) is 0 Å². The van der Waals surface area contributed by atoms with E-state index in [1.165, 1.54) is 11.1 Å². The van der Waals surface area contributed by atoms with Gasteiger partial charge in [0.25, 0.3) is 0 Å². The Morgan fingerprint density at radius 2 is 2.00 bits per heavy atom. The van der Waals surface area contributed by atoms with Crippen molar-refractivity contribution in [2.75, 3.05) is 24.5 Å². The maximum atomic E-state index is 12.6. The highest BCUT2D eigenvalue weighted by molar-refractivity contribution is 6.30. The Bertz CT molecular complexity index is 807. The van der Waals surface area contributed by atoms with Crippen LogP contribution in [0.3, 0.4) is 0 Å². The molecule has 4 nitrogen and oxygen atoms in total. The van der Waals surface area contributed by atoms with Crippen LogP contribution in [0.25, 0.3) is 0 Å². The summed E-state index contributed by atoms with van der Waals surface area (Å²) in [6.07, 6.45) is 2.26. The lowest BCUT2D eigenvalue weighted by atomic mass is 9.87. The second kappa shape index (κ2) is 6.92. The number of benzene rings is 1. The van der Waals surface area contributed by atoms with E-state index in [9.17, 15) is 4.79 Å². The number of aryl methyl sites for hydroxylation is 1. The Hall–Kier alpha value is -2.07. The number of nitrogens with zero attached hydrogens (tertiary/aromatic N) is 3. The van der Waals surface area contributed by atoms with E-state index in [2.05, 4.69) is 46.0 Å². The molecule has 2 saturated heterocycles. The van der Waals surface area contributed by atoms with Crippen LogP contribution >= 0.6 is 11.6 Å². The van der Waals surface area contributed by atoms with Crippen molar-refractivity contribution < 1.29 is 4.79 Å². The quantitative estimate of drug-likeness (QED) is 0.817. The summed E-state index contributed by atoms with van der Waals surface area (Å²) in [7, 11) is 0. The largest absolute Gasteiger partial charge is 0.356 e. The number of carbonyl (C=O) groups is 1. The van der Waals surface area contributed by atoms with Crippen LogP contribution in [0.2, 0.25) is 5.02 Å². The molecular weight excluding hydrogens is 346 g/mol. The summed E-state index contributed by atoms with van der Waals surface area (Å²) in [4.78, 5) is 21.6. The predicted octanol–water partition coefficient (Wildman–Crippen LogP) is 4.09. The molecule has 3 atom stereocenters. The van der Waals surface area contributed by atoms with Crippen molar-refractivity contribution in [2.45, 2.75) is 26.3 Å². The lowest BCUT2D eigenvalue weighted by molar-refractivity contribution is -0.132. The number of likely N-dealkylation sites (tertiary alicyclic amines) is 1. The fourth-order valence-corrected chi connectivity index (χ4v) is 4.68. The Labute approximate surface area is 159 Å². The normalized spacial score (nSPS) is 24.8. The fraction of sp³-hybridized carbons (Fsp3) is 0.429. The van der Waals surface area contributed by atoms with Crippen molar-refractivity contribution in [3.05, 3.63) is 58.7 Å². The van der Waals surface area contributed by atoms with Gasteiger partial charge in [0.1, 0.15) is 5.82 Å². The van der Waals surface area contributed by atoms with E-state index >= 15 is 0 Å². The summed E-state index contributed by atoms with van der Waals surface area (Å²) in [5.74, 6) is 2.14. The zero-order valence-electron chi connectivity index (χ0n) is 15.2. The number of hydrogen-bond acceptors (Lipinski definition) is 3. The Kier molecular flexibility index (Phi) is 4.62. The molecule has 5 heteroatoms. The fourth-order valence-electron chi connectivity index (χ4n) is 4.56. The molecular formula is C21H24ClN3O. The minimum Gasteiger partial charge on any atom is -0.356 e. The third-order valence-corrected chi connectivity index (χ3v) is 6.05. The van der Waals surface area contributed by atoms with Gasteiger partial charge in [-0.05, 0) is 30.2 Å². The van der Waals surface area contributed by atoms with Crippen molar-refractivity contribution in [1.82, 2.24) is 9.88 Å². The molecule has 1 amide bonds. The second-order valence-electron chi connectivity index (χ2n) is 7.36. The maximum absolute atomic E-state index is 12.6. The van der Waals surface area contributed by atoms with Gasteiger partial charge in [-0.25, -0.2) is 4.98 Å². The van der Waals surface area contributed by atoms with Gasteiger partial charge in [0.05, 0.1) is 11.1 Å². The molecule has 0 aliphatic carbocycles. The molecule has 3 heterocycles. The van der Waals surface area contributed by atoms with Gasteiger partial charge < -0.3 is 9.80 Å². The highest BCUT2D eigenvalue weighted by atomic mass is 35.5.